The maximum Gasteiger partial charge on any atom is 0.331 e. The van der Waals surface area contributed by atoms with Gasteiger partial charge in [0.15, 0.2) is 0 Å². The van der Waals surface area contributed by atoms with Crippen LogP contribution in [0, 0.1) is 5.92 Å². The summed E-state index contributed by atoms with van der Waals surface area (Å²) in [7, 11) is 1.53. The maximum atomic E-state index is 11.0. The quantitative estimate of drug-likeness (QED) is 0.621. The van der Waals surface area contributed by atoms with Crippen molar-refractivity contribution in [1.82, 2.24) is 0 Å². The maximum absolute atomic E-state index is 11.0. The molecule has 17 heavy (non-hydrogen) atoms. The van der Waals surface area contributed by atoms with E-state index in [1.807, 2.05) is 13.8 Å². The highest BCUT2D eigenvalue weighted by molar-refractivity contribution is 5.92. The Morgan fingerprint density at radius 1 is 1.47 bits per heavy atom. The van der Waals surface area contributed by atoms with E-state index < -0.39 is 5.97 Å². The highest BCUT2D eigenvalue weighted by atomic mass is 16.5. The lowest BCUT2D eigenvalue weighted by molar-refractivity contribution is -0.133. The van der Waals surface area contributed by atoms with Crippen LogP contribution in [-0.4, -0.2) is 18.2 Å². The fourth-order valence-corrected chi connectivity index (χ4v) is 1.47. The van der Waals surface area contributed by atoms with E-state index in [4.69, 9.17) is 15.6 Å². The van der Waals surface area contributed by atoms with Gasteiger partial charge in [0.2, 0.25) is 0 Å². The average Bonchev–Trinajstić information content (AvgIpc) is 2.26. The number of rotatable bonds is 4. The molecule has 0 radical (unpaired) electrons. The largest absolute Gasteiger partial charge is 0.495 e. The van der Waals surface area contributed by atoms with Crippen molar-refractivity contribution in [3.63, 3.8) is 0 Å². The van der Waals surface area contributed by atoms with Crippen molar-refractivity contribution < 1.29 is 14.6 Å². The predicted molar refractivity (Wildman–Crippen MR) is 67.9 cm³/mol. The number of hydrogen-bond donors (Lipinski definition) is 2. The number of anilines is 1. The fraction of sp³-hybridized carbons (Fsp3) is 0.308. The second kappa shape index (κ2) is 5.39. The summed E-state index contributed by atoms with van der Waals surface area (Å²) in [6, 6.07) is 5.19. The Hall–Kier alpha value is -1.97. The topological polar surface area (TPSA) is 72.5 Å². The van der Waals surface area contributed by atoms with Crippen molar-refractivity contribution >= 4 is 17.7 Å². The van der Waals surface area contributed by atoms with Crippen LogP contribution in [0.1, 0.15) is 19.4 Å². The van der Waals surface area contributed by atoms with Crippen LogP contribution in [0.15, 0.2) is 23.8 Å². The first-order valence-electron chi connectivity index (χ1n) is 5.34. The SMILES string of the molecule is COc1cc(/C=C(/C(=O)O)C(C)C)ccc1N. The van der Waals surface area contributed by atoms with E-state index in [2.05, 4.69) is 0 Å². The molecule has 3 N–H and O–H groups in total. The number of benzene rings is 1. The second-order valence-electron chi connectivity index (χ2n) is 4.06. The number of hydrogen-bond acceptors (Lipinski definition) is 3. The van der Waals surface area contributed by atoms with E-state index >= 15 is 0 Å². The molecule has 0 unspecified atom stereocenters. The summed E-state index contributed by atoms with van der Waals surface area (Å²) in [6.07, 6.45) is 1.63. The van der Waals surface area contributed by atoms with Crippen LogP contribution in [0.5, 0.6) is 5.75 Å². The summed E-state index contributed by atoms with van der Waals surface area (Å²) in [5, 5.41) is 9.06. The molecule has 0 saturated heterocycles. The van der Waals surface area contributed by atoms with E-state index in [9.17, 15) is 4.79 Å². The summed E-state index contributed by atoms with van der Waals surface area (Å²) in [6.45, 7) is 3.68. The molecule has 1 rings (SSSR count). The molecule has 4 nitrogen and oxygen atoms in total. The number of carboxylic acid groups (broad SMARTS) is 1. The first kappa shape index (κ1) is 13.1. The molecule has 0 aliphatic heterocycles. The molecular formula is C13H17NO3. The third-order valence-electron chi connectivity index (χ3n) is 2.45. The number of nitrogen functional groups attached to an aromatic ring is 1. The molecule has 0 aromatic heterocycles. The first-order valence-corrected chi connectivity index (χ1v) is 5.34. The van der Waals surface area contributed by atoms with Crippen LogP contribution < -0.4 is 10.5 Å². The lowest BCUT2D eigenvalue weighted by atomic mass is 10.0. The minimum absolute atomic E-state index is 0.0453. The van der Waals surface area contributed by atoms with Gasteiger partial charge in [-0.05, 0) is 29.7 Å². The standard InChI is InChI=1S/C13H17NO3/c1-8(2)10(13(15)16)6-9-4-5-11(14)12(7-9)17-3/h4-8H,14H2,1-3H3,(H,15,16)/b10-6+. The van der Waals surface area contributed by atoms with E-state index in [1.165, 1.54) is 7.11 Å². The van der Waals surface area contributed by atoms with E-state index in [0.717, 1.165) is 5.56 Å². The summed E-state index contributed by atoms with van der Waals surface area (Å²) in [5.74, 6) is -0.404. The Morgan fingerprint density at radius 3 is 2.59 bits per heavy atom. The minimum atomic E-state index is -0.907. The number of nitrogens with two attached hydrogens (primary N) is 1. The lowest BCUT2D eigenvalue weighted by Gasteiger charge is -2.08. The zero-order valence-electron chi connectivity index (χ0n) is 10.2. The number of carbonyl (C=O) groups is 1. The lowest BCUT2D eigenvalue weighted by Crippen LogP contribution is -2.06. The summed E-state index contributed by atoms with van der Waals surface area (Å²) in [4.78, 5) is 11.0. The fourth-order valence-electron chi connectivity index (χ4n) is 1.47. The third-order valence-corrected chi connectivity index (χ3v) is 2.45. The highest BCUT2D eigenvalue weighted by Gasteiger charge is 2.12. The third kappa shape index (κ3) is 3.24. The Bertz CT molecular complexity index is 450. The van der Waals surface area contributed by atoms with Crippen LogP contribution in [0.4, 0.5) is 5.69 Å². The smallest absolute Gasteiger partial charge is 0.331 e. The molecule has 0 bridgehead atoms. The van der Waals surface area contributed by atoms with Crippen molar-refractivity contribution in [2.75, 3.05) is 12.8 Å². The number of aliphatic carboxylic acids is 1. The Balaban J connectivity index is 3.16. The number of carboxylic acids is 1. The molecule has 4 heteroatoms. The van der Waals surface area contributed by atoms with E-state index in [1.54, 1.807) is 24.3 Å². The second-order valence-corrected chi connectivity index (χ2v) is 4.06. The van der Waals surface area contributed by atoms with Crippen molar-refractivity contribution in [3.05, 3.63) is 29.3 Å². The number of methoxy groups -OCH3 is 1. The Labute approximate surface area is 101 Å². The normalized spacial score (nSPS) is 11.6. The van der Waals surface area contributed by atoms with Gasteiger partial charge in [-0.1, -0.05) is 19.9 Å². The van der Waals surface area contributed by atoms with Gasteiger partial charge in [0.25, 0.3) is 0 Å². The zero-order chi connectivity index (χ0) is 13.0. The van der Waals surface area contributed by atoms with Gasteiger partial charge < -0.3 is 15.6 Å². The molecule has 1 aromatic carbocycles. The molecule has 0 fully saturated rings. The predicted octanol–water partition coefficient (Wildman–Crippen LogP) is 2.40. The molecule has 92 valence electrons. The first-order chi connectivity index (χ1) is 7.95. The minimum Gasteiger partial charge on any atom is -0.495 e. The van der Waals surface area contributed by atoms with Crippen LogP contribution in [0.25, 0.3) is 6.08 Å². The van der Waals surface area contributed by atoms with Crippen molar-refractivity contribution in [1.29, 1.82) is 0 Å². The van der Waals surface area contributed by atoms with Crippen molar-refractivity contribution in [3.8, 4) is 5.75 Å². The molecule has 1 aromatic rings. The molecular weight excluding hydrogens is 218 g/mol. The van der Waals surface area contributed by atoms with Crippen LogP contribution in [0.2, 0.25) is 0 Å². The summed E-state index contributed by atoms with van der Waals surface area (Å²) >= 11 is 0. The molecule has 0 aliphatic rings. The van der Waals surface area contributed by atoms with Gasteiger partial charge in [0.05, 0.1) is 12.8 Å². The average molecular weight is 235 g/mol. The van der Waals surface area contributed by atoms with Crippen LogP contribution in [0.3, 0.4) is 0 Å². The van der Waals surface area contributed by atoms with Gasteiger partial charge >= 0.3 is 5.97 Å². The van der Waals surface area contributed by atoms with Crippen LogP contribution >= 0.6 is 0 Å². The highest BCUT2D eigenvalue weighted by Crippen LogP contribution is 2.24. The number of ether oxygens (including phenoxy) is 1. The van der Waals surface area contributed by atoms with Crippen LogP contribution in [-0.2, 0) is 4.79 Å². The van der Waals surface area contributed by atoms with Gasteiger partial charge in [0.1, 0.15) is 5.75 Å². The molecule has 0 atom stereocenters. The monoisotopic (exact) mass is 235 g/mol. The van der Waals surface area contributed by atoms with Crippen molar-refractivity contribution in [2.45, 2.75) is 13.8 Å². The van der Waals surface area contributed by atoms with Gasteiger partial charge in [0, 0.05) is 5.57 Å². The molecule has 0 spiro atoms. The zero-order valence-corrected chi connectivity index (χ0v) is 10.2. The Kier molecular flexibility index (Phi) is 4.15. The Morgan fingerprint density at radius 2 is 2.12 bits per heavy atom. The van der Waals surface area contributed by atoms with Gasteiger partial charge in [-0.15, -0.1) is 0 Å². The van der Waals surface area contributed by atoms with Gasteiger partial charge in [-0.25, -0.2) is 4.79 Å². The molecule has 0 amide bonds. The summed E-state index contributed by atoms with van der Waals surface area (Å²) in [5.41, 5.74) is 7.35. The van der Waals surface area contributed by atoms with E-state index in [-0.39, 0.29) is 5.92 Å². The molecule has 0 aliphatic carbocycles. The van der Waals surface area contributed by atoms with Gasteiger partial charge in [-0.2, -0.15) is 0 Å². The molecule has 0 heterocycles. The van der Waals surface area contributed by atoms with E-state index in [0.29, 0.717) is 17.0 Å². The summed E-state index contributed by atoms with van der Waals surface area (Å²) < 4.78 is 5.09. The molecule has 0 saturated carbocycles. The van der Waals surface area contributed by atoms with Gasteiger partial charge in [-0.3, -0.25) is 0 Å². The van der Waals surface area contributed by atoms with Crippen molar-refractivity contribution in [2.24, 2.45) is 5.92 Å².